The number of rotatable bonds is 6. The number of carbonyl (C=O) groups is 2. The number of carbonyl (C=O) groups excluding carboxylic acids is 2. The zero-order chi connectivity index (χ0) is 12.8. The maximum atomic E-state index is 11.4. The molecule has 0 saturated carbocycles. The Hall–Kier alpha value is -0.580. The summed E-state index contributed by atoms with van der Waals surface area (Å²) in [7, 11) is 0. The van der Waals surface area contributed by atoms with Crippen LogP contribution in [0.1, 0.15) is 34.1 Å². The number of hydrogen-bond donors (Lipinski definition) is 2. The first-order valence-corrected chi connectivity index (χ1v) is 6.26. The van der Waals surface area contributed by atoms with Crippen LogP contribution in [0.3, 0.4) is 0 Å². The van der Waals surface area contributed by atoms with Crippen LogP contribution in [0.4, 0.5) is 0 Å². The van der Waals surface area contributed by atoms with Crippen molar-refractivity contribution in [3.8, 4) is 0 Å². The normalized spacial score (nSPS) is 11.4. The quantitative estimate of drug-likeness (QED) is 0.728. The van der Waals surface area contributed by atoms with Crippen molar-refractivity contribution in [3.05, 3.63) is 0 Å². The highest BCUT2D eigenvalue weighted by Gasteiger charge is 2.22. The summed E-state index contributed by atoms with van der Waals surface area (Å²) in [6.07, 6.45) is 0.321. The van der Waals surface area contributed by atoms with Gasteiger partial charge in [-0.25, -0.2) is 0 Å². The van der Waals surface area contributed by atoms with Gasteiger partial charge in [0.1, 0.15) is 0 Å². The summed E-state index contributed by atoms with van der Waals surface area (Å²) in [5.41, 5.74) is 0. The Morgan fingerprint density at radius 2 is 1.81 bits per heavy atom. The average Bonchev–Trinajstić information content (AvgIpc) is 2.13. The van der Waals surface area contributed by atoms with Gasteiger partial charge in [0.05, 0.1) is 4.32 Å². The fourth-order valence-electron chi connectivity index (χ4n) is 0.906. The van der Waals surface area contributed by atoms with Gasteiger partial charge in [0, 0.05) is 19.5 Å². The van der Waals surface area contributed by atoms with Crippen LogP contribution in [0.5, 0.6) is 0 Å². The van der Waals surface area contributed by atoms with Gasteiger partial charge in [-0.15, -0.1) is 0 Å². The fraction of sp³-hybridized carbons (Fsp3) is 0.818. The SMILES string of the molecule is CC(C)CNC(=O)CCNC(=O)C(C)(C)Br. The second-order valence-corrected chi connectivity index (χ2v) is 6.66. The van der Waals surface area contributed by atoms with E-state index in [0.717, 1.165) is 0 Å². The lowest BCUT2D eigenvalue weighted by molar-refractivity contribution is -0.123. The van der Waals surface area contributed by atoms with E-state index in [1.165, 1.54) is 0 Å². The molecule has 0 bridgehead atoms. The largest absolute Gasteiger partial charge is 0.356 e. The maximum absolute atomic E-state index is 11.4. The number of amides is 2. The monoisotopic (exact) mass is 292 g/mol. The van der Waals surface area contributed by atoms with Crippen molar-refractivity contribution >= 4 is 27.7 Å². The van der Waals surface area contributed by atoms with E-state index in [-0.39, 0.29) is 11.8 Å². The summed E-state index contributed by atoms with van der Waals surface area (Å²) in [6.45, 7) is 8.65. The van der Waals surface area contributed by atoms with Gasteiger partial charge < -0.3 is 10.6 Å². The Kier molecular flexibility index (Phi) is 6.64. The summed E-state index contributed by atoms with van der Waals surface area (Å²) in [6, 6.07) is 0. The zero-order valence-corrected chi connectivity index (χ0v) is 12.0. The average molecular weight is 293 g/mol. The number of alkyl halides is 1. The van der Waals surface area contributed by atoms with Crippen molar-refractivity contribution in [1.82, 2.24) is 10.6 Å². The van der Waals surface area contributed by atoms with Crippen LogP contribution < -0.4 is 10.6 Å². The molecule has 0 heterocycles. The molecule has 0 radical (unpaired) electrons. The van der Waals surface area contributed by atoms with E-state index in [1.807, 2.05) is 13.8 Å². The third-order valence-corrected chi connectivity index (χ3v) is 2.25. The Labute approximate surface area is 106 Å². The molecule has 0 aliphatic carbocycles. The van der Waals surface area contributed by atoms with E-state index in [2.05, 4.69) is 26.6 Å². The molecule has 5 heteroatoms. The van der Waals surface area contributed by atoms with Gasteiger partial charge in [-0.2, -0.15) is 0 Å². The van der Waals surface area contributed by atoms with Crippen LogP contribution in [0.25, 0.3) is 0 Å². The number of halogens is 1. The minimum Gasteiger partial charge on any atom is -0.356 e. The Balaban J connectivity index is 3.67. The molecule has 0 aliphatic heterocycles. The molecule has 4 nitrogen and oxygen atoms in total. The first kappa shape index (κ1) is 15.4. The predicted molar refractivity (Wildman–Crippen MR) is 68.5 cm³/mol. The molecule has 0 aromatic rings. The maximum Gasteiger partial charge on any atom is 0.236 e. The topological polar surface area (TPSA) is 58.2 Å². The standard InChI is InChI=1S/C11H21BrN2O2/c1-8(2)7-14-9(15)5-6-13-10(16)11(3,4)12/h8H,5-7H2,1-4H3,(H,13,16)(H,14,15). The highest BCUT2D eigenvalue weighted by atomic mass is 79.9. The van der Waals surface area contributed by atoms with E-state index in [4.69, 9.17) is 0 Å². The molecular weight excluding hydrogens is 272 g/mol. The van der Waals surface area contributed by atoms with Crippen LogP contribution in [0, 0.1) is 5.92 Å². The van der Waals surface area contributed by atoms with Gasteiger partial charge in [-0.05, 0) is 19.8 Å². The molecule has 0 unspecified atom stereocenters. The lowest BCUT2D eigenvalue weighted by Crippen LogP contribution is -2.39. The van der Waals surface area contributed by atoms with Crippen LogP contribution in [0.15, 0.2) is 0 Å². The smallest absolute Gasteiger partial charge is 0.236 e. The summed E-state index contributed by atoms with van der Waals surface area (Å²) in [5, 5.41) is 5.49. The second kappa shape index (κ2) is 6.89. The zero-order valence-electron chi connectivity index (χ0n) is 10.4. The van der Waals surface area contributed by atoms with Crippen LogP contribution >= 0.6 is 15.9 Å². The van der Waals surface area contributed by atoms with Gasteiger partial charge in [-0.1, -0.05) is 29.8 Å². The van der Waals surface area contributed by atoms with Crippen molar-refractivity contribution in [2.45, 2.75) is 38.4 Å². The molecule has 0 aliphatic rings. The van der Waals surface area contributed by atoms with E-state index in [9.17, 15) is 9.59 Å². The molecule has 0 aromatic carbocycles. The summed E-state index contributed by atoms with van der Waals surface area (Å²) in [4.78, 5) is 22.7. The summed E-state index contributed by atoms with van der Waals surface area (Å²) >= 11 is 3.25. The Bertz CT molecular complexity index is 247. The Morgan fingerprint density at radius 3 is 2.25 bits per heavy atom. The van der Waals surface area contributed by atoms with Crippen LogP contribution in [-0.4, -0.2) is 29.2 Å². The van der Waals surface area contributed by atoms with Crippen molar-refractivity contribution in [3.63, 3.8) is 0 Å². The Morgan fingerprint density at radius 1 is 1.25 bits per heavy atom. The van der Waals surface area contributed by atoms with Gasteiger partial charge in [0.25, 0.3) is 0 Å². The minimum atomic E-state index is -0.582. The predicted octanol–water partition coefficient (Wildman–Crippen LogP) is 1.44. The van der Waals surface area contributed by atoms with Gasteiger partial charge in [-0.3, -0.25) is 9.59 Å². The molecule has 0 fully saturated rings. The second-order valence-electron chi connectivity index (χ2n) is 4.68. The number of hydrogen-bond acceptors (Lipinski definition) is 2. The molecule has 0 aromatic heterocycles. The van der Waals surface area contributed by atoms with Gasteiger partial charge in [0.15, 0.2) is 0 Å². The third-order valence-electron chi connectivity index (χ3n) is 1.89. The van der Waals surface area contributed by atoms with E-state index < -0.39 is 4.32 Å². The molecular formula is C11H21BrN2O2. The van der Waals surface area contributed by atoms with Crippen molar-refractivity contribution in [1.29, 1.82) is 0 Å². The lowest BCUT2D eigenvalue weighted by atomic mass is 10.2. The molecule has 2 N–H and O–H groups in total. The van der Waals surface area contributed by atoms with Gasteiger partial charge >= 0.3 is 0 Å². The van der Waals surface area contributed by atoms with Crippen molar-refractivity contribution in [2.24, 2.45) is 5.92 Å². The molecule has 0 rings (SSSR count). The van der Waals surface area contributed by atoms with E-state index in [0.29, 0.717) is 25.4 Å². The highest BCUT2D eigenvalue weighted by Crippen LogP contribution is 2.14. The van der Waals surface area contributed by atoms with Gasteiger partial charge in [0.2, 0.25) is 11.8 Å². The van der Waals surface area contributed by atoms with Crippen molar-refractivity contribution in [2.75, 3.05) is 13.1 Å². The van der Waals surface area contributed by atoms with Crippen LogP contribution in [0.2, 0.25) is 0 Å². The molecule has 0 atom stereocenters. The first-order chi connectivity index (χ1) is 7.23. The minimum absolute atomic E-state index is 0.0265. The third kappa shape index (κ3) is 7.68. The lowest BCUT2D eigenvalue weighted by Gasteiger charge is -2.15. The van der Waals surface area contributed by atoms with Crippen molar-refractivity contribution < 1.29 is 9.59 Å². The fourth-order valence-corrected chi connectivity index (χ4v) is 1.05. The van der Waals surface area contributed by atoms with E-state index >= 15 is 0 Å². The highest BCUT2D eigenvalue weighted by molar-refractivity contribution is 9.10. The molecule has 16 heavy (non-hydrogen) atoms. The molecule has 0 spiro atoms. The van der Waals surface area contributed by atoms with E-state index in [1.54, 1.807) is 13.8 Å². The molecule has 0 saturated heterocycles. The summed E-state index contributed by atoms with van der Waals surface area (Å²) < 4.78 is -0.582. The molecule has 2 amide bonds. The number of nitrogens with one attached hydrogen (secondary N) is 2. The molecule has 94 valence electrons. The first-order valence-electron chi connectivity index (χ1n) is 5.47. The summed E-state index contributed by atoms with van der Waals surface area (Å²) in [5.74, 6) is 0.311. The van der Waals surface area contributed by atoms with Crippen LogP contribution in [-0.2, 0) is 9.59 Å².